The number of nitro groups is 3. The number of non-ortho nitro benzene ring substituents is 1. The second-order valence-corrected chi connectivity index (χ2v) is 2.60. The van der Waals surface area contributed by atoms with Crippen LogP contribution in [-0.2, 0) is 0 Å². The number of hydrogen-bond acceptors (Lipinski definition) is 7. The zero-order chi connectivity index (χ0) is 12.5. The molecule has 0 aliphatic carbocycles. The molecular formula is C6H5CaN3O7. The Labute approximate surface area is 122 Å². The van der Waals surface area contributed by atoms with Crippen molar-refractivity contribution in [3.63, 3.8) is 0 Å². The third-order valence-electron chi connectivity index (χ3n) is 1.66. The van der Waals surface area contributed by atoms with Crippen molar-refractivity contribution in [1.29, 1.82) is 0 Å². The normalized spacial score (nSPS) is 9.18. The zero-order valence-corrected chi connectivity index (χ0v) is 7.39. The minimum absolute atomic E-state index is 0. The Morgan fingerprint density at radius 2 is 1.24 bits per heavy atom. The minimum atomic E-state index is -1.21. The quantitative estimate of drug-likeness (QED) is 0.468. The van der Waals surface area contributed by atoms with Crippen molar-refractivity contribution in [2.75, 3.05) is 0 Å². The van der Waals surface area contributed by atoms with Crippen LogP contribution in [-0.4, -0.2) is 57.6 Å². The van der Waals surface area contributed by atoms with Gasteiger partial charge in [0.2, 0.25) is 0 Å². The van der Waals surface area contributed by atoms with E-state index in [0.29, 0.717) is 12.1 Å². The van der Waals surface area contributed by atoms with Crippen LogP contribution in [0.3, 0.4) is 0 Å². The van der Waals surface area contributed by atoms with Crippen molar-refractivity contribution in [2.45, 2.75) is 0 Å². The van der Waals surface area contributed by atoms with E-state index in [1.54, 1.807) is 0 Å². The van der Waals surface area contributed by atoms with Gasteiger partial charge < -0.3 is 5.11 Å². The van der Waals surface area contributed by atoms with Gasteiger partial charge in [0.15, 0.2) is 0 Å². The van der Waals surface area contributed by atoms with Crippen molar-refractivity contribution in [1.82, 2.24) is 0 Å². The van der Waals surface area contributed by atoms with Gasteiger partial charge in [-0.3, -0.25) is 30.3 Å². The van der Waals surface area contributed by atoms with Crippen molar-refractivity contribution in [3.8, 4) is 5.75 Å². The predicted octanol–water partition coefficient (Wildman–Crippen LogP) is 0.201. The third-order valence-corrected chi connectivity index (χ3v) is 1.66. The van der Waals surface area contributed by atoms with E-state index >= 15 is 0 Å². The summed E-state index contributed by atoms with van der Waals surface area (Å²) in [5, 5.41) is 40.2. The van der Waals surface area contributed by atoms with Crippen molar-refractivity contribution in [2.24, 2.45) is 0 Å². The molecule has 1 rings (SSSR count). The molecule has 0 saturated carbocycles. The van der Waals surface area contributed by atoms with Crippen molar-refractivity contribution in [3.05, 3.63) is 42.5 Å². The molecule has 10 nitrogen and oxygen atoms in total. The Kier molecular flexibility index (Phi) is 5.19. The Balaban J connectivity index is 0.00000256. The van der Waals surface area contributed by atoms with E-state index in [1.165, 1.54) is 0 Å². The molecule has 88 valence electrons. The number of phenols is 1. The first kappa shape index (κ1) is 15.5. The van der Waals surface area contributed by atoms with E-state index in [4.69, 9.17) is 5.11 Å². The van der Waals surface area contributed by atoms with Gasteiger partial charge in [0.05, 0.1) is 26.9 Å². The van der Waals surface area contributed by atoms with Crippen LogP contribution in [0.4, 0.5) is 17.1 Å². The molecule has 0 aromatic heterocycles. The van der Waals surface area contributed by atoms with Crippen LogP contribution in [0.5, 0.6) is 5.75 Å². The molecule has 0 aliphatic heterocycles. The van der Waals surface area contributed by atoms with E-state index < -0.39 is 37.6 Å². The molecule has 0 saturated heterocycles. The van der Waals surface area contributed by atoms with Crippen molar-refractivity contribution >= 4 is 54.8 Å². The van der Waals surface area contributed by atoms with Crippen LogP contribution < -0.4 is 0 Å². The molecule has 0 atom stereocenters. The molecule has 0 spiro atoms. The van der Waals surface area contributed by atoms with Gasteiger partial charge in [-0.2, -0.15) is 0 Å². The molecule has 11 heteroatoms. The summed E-state index contributed by atoms with van der Waals surface area (Å²) in [5.41, 5.74) is -3.00. The summed E-state index contributed by atoms with van der Waals surface area (Å²) in [6.45, 7) is 0. The molecule has 0 bridgehead atoms. The van der Waals surface area contributed by atoms with Gasteiger partial charge in [-0.05, 0) is 0 Å². The van der Waals surface area contributed by atoms with Gasteiger partial charge in [-0.25, -0.2) is 0 Å². The molecule has 17 heavy (non-hydrogen) atoms. The van der Waals surface area contributed by atoms with E-state index in [-0.39, 0.29) is 37.7 Å². The van der Waals surface area contributed by atoms with E-state index in [0.717, 1.165) is 0 Å². The summed E-state index contributed by atoms with van der Waals surface area (Å²) < 4.78 is 0. The molecule has 1 N–H and O–H groups in total. The van der Waals surface area contributed by atoms with E-state index in [9.17, 15) is 30.3 Å². The standard InChI is InChI=1S/C6H3N3O7.Ca.2H/c10-6-4(8(13)14)1-3(7(11)12)2-5(6)9(15)16;;;/h1-2,10H;;;. The van der Waals surface area contributed by atoms with Crippen LogP contribution in [0.2, 0.25) is 0 Å². The van der Waals surface area contributed by atoms with Crippen LogP contribution >= 0.6 is 0 Å². The van der Waals surface area contributed by atoms with E-state index in [1.807, 2.05) is 0 Å². The van der Waals surface area contributed by atoms with Crippen LogP contribution in [0, 0.1) is 30.3 Å². The number of rotatable bonds is 3. The number of phenolic OH excluding ortho intramolecular Hbond substituents is 1. The number of hydrogen-bond donors (Lipinski definition) is 1. The first-order valence-electron chi connectivity index (χ1n) is 3.64. The number of aromatic hydroxyl groups is 1. The second kappa shape index (κ2) is 5.70. The second-order valence-electron chi connectivity index (χ2n) is 2.60. The third kappa shape index (κ3) is 3.22. The molecule has 1 aromatic rings. The maximum atomic E-state index is 10.4. The van der Waals surface area contributed by atoms with Gasteiger partial charge in [-0.1, -0.05) is 0 Å². The Bertz CT molecular complexity index is 467. The predicted molar refractivity (Wildman–Crippen MR) is 56.6 cm³/mol. The summed E-state index contributed by atoms with van der Waals surface area (Å²) in [6.07, 6.45) is 0. The zero-order valence-electron chi connectivity index (χ0n) is 7.39. The number of nitrogens with zero attached hydrogens (tertiary/aromatic N) is 3. The number of benzene rings is 1. The fourth-order valence-corrected chi connectivity index (χ4v) is 0.974. The molecule has 0 amide bonds. The summed E-state index contributed by atoms with van der Waals surface area (Å²) in [7, 11) is 0. The Morgan fingerprint density at radius 3 is 1.47 bits per heavy atom. The first-order chi connectivity index (χ1) is 7.34. The molecule has 0 heterocycles. The molecular weight excluding hydrogens is 266 g/mol. The average Bonchev–Trinajstić information content (AvgIpc) is 2.16. The first-order valence-corrected chi connectivity index (χ1v) is 3.64. The molecule has 0 aliphatic rings. The van der Waals surface area contributed by atoms with Crippen LogP contribution in [0.1, 0.15) is 0 Å². The topological polar surface area (TPSA) is 150 Å². The maximum absolute atomic E-state index is 10.4. The average molecular weight is 271 g/mol. The van der Waals surface area contributed by atoms with Gasteiger partial charge in [0.1, 0.15) is 0 Å². The number of nitro benzene ring substituents is 3. The van der Waals surface area contributed by atoms with Crippen LogP contribution in [0.25, 0.3) is 0 Å². The van der Waals surface area contributed by atoms with Gasteiger partial charge in [0.25, 0.3) is 11.4 Å². The fourth-order valence-electron chi connectivity index (χ4n) is 0.974. The Hall–Kier alpha value is -1.52. The summed E-state index contributed by atoms with van der Waals surface area (Å²) in [5.74, 6) is -1.21. The van der Waals surface area contributed by atoms with Gasteiger partial charge in [-0.15, -0.1) is 0 Å². The monoisotopic (exact) mass is 271 g/mol. The molecule has 0 fully saturated rings. The summed E-state index contributed by atoms with van der Waals surface area (Å²) in [4.78, 5) is 27.8. The van der Waals surface area contributed by atoms with E-state index in [2.05, 4.69) is 0 Å². The van der Waals surface area contributed by atoms with Gasteiger partial charge >= 0.3 is 49.1 Å². The van der Waals surface area contributed by atoms with Gasteiger partial charge in [0, 0.05) is 0 Å². The molecule has 0 unspecified atom stereocenters. The Morgan fingerprint density at radius 1 is 0.882 bits per heavy atom. The summed E-state index contributed by atoms with van der Waals surface area (Å²) >= 11 is 0. The molecule has 0 radical (unpaired) electrons. The summed E-state index contributed by atoms with van der Waals surface area (Å²) in [6, 6.07) is 0.894. The molecule has 1 aromatic carbocycles. The van der Waals surface area contributed by atoms with Crippen LogP contribution in [0.15, 0.2) is 12.1 Å². The van der Waals surface area contributed by atoms with Crippen molar-refractivity contribution < 1.29 is 19.9 Å². The SMILES string of the molecule is O=[N+]([O-])c1cc([N+](=O)[O-])c(O)c([N+](=O)[O-])c1.[CaH2]. The fraction of sp³-hybridized carbons (Fsp3) is 0.